The third kappa shape index (κ3) is 6.40. The largest absolute Gasteiger partial charge is 0.506 e. The van der Waals surface area contributed by atoms with Gasteiger partial charge in [-0.15, -0.1) is 0 Å². The summed E-state index contributed by atoms with van der Waals surface area (Å²) >= 11 is 6.05. The van der Waals surface area contributed by atoms with E-state index in [0.29, 0.717) is 61.0 Å². The first-order chi connectivity index (χ1) is 22.6. The number of pyridine rings is 2. The van der Waals surface area contributed by atoms with E-state index in [1.54, 1.807) is 97.9 Å². The van der Waals surface area contributed by atoms with E-state index in [-0.39, 0.29) is 22.6 Å². The highest BCUT2D eigenvalue weighted by atomic mass is 35.5. The maximum Gasteiger partial charge on any atom is 0.260 e. The van der Waals surface area contributed by atoms with Crippen LogP contribution in [-0.4, -0.2) is 20.2 Å². The van der Waals surface area contributed by atoms with Crippen molar-refractivity contribution in [3.8, 4) is 39.9 Å². The first-order valence-corrected chi connectivity index (χ1v) is 15.0. The summed E-state index contributed by atoms with van der Waals surface area (Å²) in [6, 6.07) is 24.1. The van der Waals surface area contributed by atoms with Crippen molar-refractivity contribution in [1.82, 2.24) is 9.97 Å². The molecule has 0 amide bonds. The number of aromatic amines is 2. The minimum atomic E-state index is -0.476. The lowest BCUT2D eigenvalue weighted by Gasteiger charge is -2.12. The van der Waals surface area contributed by atoms with Gasteiger partial charge in [-0.25, -0.2) is 0 Å². The maximum absolute atomic E-state index is 13.0. The second-order valence-corrected chi connectivity index (χ2v) is 11.4. The summed E-state index contributed by atoms with van der Waals surface area (Å²) < 4.78 is 12.2. The molecule has 0 saturated carbocycles. The Morgan fingerprint density at radius 1 is 0.809 bits per heavy atom. The van der Waals surface area contributed by atoms with Gasteiger partial charge in [0.1, 0.15) is 34.5 Å². The number of rotatable bonds is 8. The van der Waals surface area contributed by atoms with E-state index < -0.39 is 11.1 Å². The zero-order valence-electron chi connectivity index (χ0n) is 25.4. The summed E-state index contributed by atoms with van der Waals surface area (Å²) in [5.41, 5.74) is 2.24. The Bertz CT molecular complexity index is 2390. The molecule has 9 heteroatoms. The van der Waals surface area contributed by atoms with Crippen LogP contribution in [-0.2, 0) is 0 Å². The first-order valence-electron chi connectivity index (χ1n) is 14.6. The number of H-pyrrole nitrogens is 2. The molecule has 0 fully saturated rings. The molecular weight excluding hydrogens is 616 g/mol. The summed E-state index contributed by atoms with van der Waals surface area (Å²) in [6.07, 6.45) is 4.80. The number of nitrogens with one attached hydrogen (secondary N) is 2. The molecule has 0 aliphatic heterocycles. The van der Waals surface area contributed by atoms with Crippen LogP contribution in [0.4, 0.5) is 0 Å². The smallest absolute Gasteiger partial charge is 0.260 e. The number of hydrogen-bond donors (Lipinski definition) is 4. The van der Waals surface area contributed by atoms with Crippen molar-refractivity contribution in [2.75, 3.05) is 0 Å². The molecule has 0 spiro atoms. The summed E-state index contributed by atoms with van der Waals surface area (Å²) in [6.45, 7) is 7.37. The van der Waals surface area contributed by atoms with Crippen molar-refractivity contribution in [1.29, 1.82) is 0 Å². The molecule has 0 bridgehead atoms. The fourth-order valence-electron chi connectivity index (χ4n) is 5.38. The Labute approximate surface area is 274 Å². The van der Waals surface area contributed by atoms with Crippen molar-refractivity contribution in [3.05, 3.63) is 152 Å². The SMILES string of the molecule is C=C/C=C(\C=C(/C)c1c(O)c2ccc(Cl)cc2[nH]c1=O)Oc1cccc(Oc2cccc(-c3c(O)c4ccc(C)cc4[nH]c3=O)c2)c1. The minimum Gasteiger partial charge on any atom is -0.506 e. The van der Waals surface area contributed by atoms with Crippen molar-refractivity contribution < 1.29 is 19.7 Å². The normalized spacial score (nSPS) is 12.0. The van der Waals surface area contributed by atoms with Crippen molar-refractivity contribution in [3.63, 3.8) is 0 Å². The number of allylic oxidation sites excluding steroid dienone is 4. The molecule has 4 aromatic carbocycles. The monoisotopic (exact) mass is 644 g/mol. The molecule has 2 heterocycles. The number of aryl methyl sites for hydroxylation is 1. The number of aromatic nitrogens is 2. The Morgan fingerprint density at radius 2 is 1.47 bits per heavy atom. The Hall–Kier alpha value is -5.99. The van der Waals surface area contributed by atoms with Gasteiger partial charge in [0.2, 0.25) is 0 Å². The predicted octanol–water partition coefficient (Wildman–Crippen LogP) is 8.75. The number of fused-ring (bicyclic) bond motifs is 2. The minimum absolute atomic E-state index is 0.0988. The van der Waals surface area contributed by atoms with Crippen LogP contribution >= 0.6 is 11.6 Å². The van der Waals surface area contributed by atoms with E-state index in [1.165, 1.54) is 0 Å². The zero-order chi connectivity index (χ0) is 33.2. The molecule has 8 nitrogen and oxygen atoms in total. The third-order valence-electron chi connectivity index (χ3n) is 7.53. The van der Waals surface area contributed by atoms with E-state index in [0.717, 1.165) is 5.56 Å². The molecule has 6 rings (SSSR count). The highest BCUT2D eigenvalue weighted by Crippen LogP contribution is 2.36. The number of ether oxygens (including phenoxy) is 2. The topological polar surface area (TPSA) is 125 Å². The molecular formula is C38H29ClN2O6. The lowest BCUT2D eigenvalue weighted by atomic mass is 10.0. The Balaban J connectivity index is 1.26. The van der Waals surface area contributed by atoms with Gasteiger partial charge < -0.3 is 29.7 Å². The van der Waals surface area contributed by atoms with Crippen LogP contribution in [0.3, 0.4) is 0 Å². The molecule has 0 unspecified atom stereocenters. The van der Waals surface area contributed by atoms with Crippen LogP contribution in [0.1, 0.15) is 18.1 Å². The Kier molecular flexibility index (Phi) is 8.44. The highest BCUT2D eigenvalue weighted by molar-refractivity contribution is 6.31. The van der Waals surface area contributed by atoms with Gasteiger partial charge in [0, 0.05) is 21.9 Å². The number of benzene rings is 4. The average molecular weight is 645 g/mol. The number of hydrogen-bond acceptors (Lipinski definition) is 6. The second kappa shape index (κ2) is 12.8. The van der Waals surface area contributed by atoms with Gasteiger partial charge in [0.15, 0.2) is 0 Å². The van der Waals surface area contributed by atoms with Gasteiger partial charge in [-0.1, -0.05) is 48.5 Å². The molecule has 0 aliphatic rings. The third-order valence-corrected chi connectivity index (χ3v) is 7.76. The number of aromatic hydroxyl groups is 2. The van der Waals surface area contributed by atoms with Crippen LogP contribution in [0, 0.1) is 6.92 Å². The van der Waals surface area contributed by atoms with Crippen LogP contribution in [0.15, 0.2) is 125 Å². The quantitative estimate of drug-likeness (QED) is 0.0970. The van der Waals surface area contributed by atoms with Gasteiger partial charge in [-0.3, -0.25) is 9.59 Å². The van der Waals surface area contributed by atoms with E-state index in [1.807, 2.05) is 19.1 Å². The van der Waals surface area contributed by atoms with E-state index in [9.17, 15) is 19.8 Å². The fourth-order valence-corrected chi connectivity index (χ4v) is 5.56. The standard InChI is InChI=1S/C38H29ClN2O6/c1-4-7-25(17-22(3)33-35(42)30-15-13-24(39)19-32(30)41-37(33)44)46-27-10-6-11-28(20-27)47-26-9-5-8-23(18-26)34-36(43)29-14-12-21(2)16-31(29)40-38(34)45/h4-20H,1H2,2-3H3,(H2,40,43,45)(H2,41,42,44)/b22-17+,25-7+. The first kappa shape index (κ1) is 31.0. The van der Waals surface area contributed by atoms with Crippen LogP contribution in [0.2, 0.25) is 5.02 Å². The Morgan fingerprint density at radius 3 is 2.26 bits per heavy atom. The van der Waals surface area contributed by atoms with E-state index in [4.69, 9.17) is 21.1 Å². The molecule has 234 valence electrons. The summed E-state index contributed by atoms with van der Waals surface area (Å²) in [4.78, 5) is 31.5. The van der Waals surface area contributed by atoms with Crippen LogP contribution < -0.4 is 20.6 Å². The second-order valence-electron chi connectivity index (χ2n) is 10.9. The van der Waals surface area contributed by atoms with Crippen molar-refractivity contribution >= 4 is 39.0 Å². The average Bonchev–Trinajstić information content (AvgIpc) is 3.01. The van der Waals surface area contributed by atoms with Gasteiger partial charge in [0.25, 0.3) is 11.1 Å². The zero-order valence-corrected chi connectivity index (χ0v) is 26.2. The molecule has 0 aliphatic carbocycles. The lowest BCUT2D eigenvalue weighted by molar-refractivity contribution is 0.435. The van der Waals surface area contributed by atoms with Gasteiger partial charge in [0.05, 0.1) is 22.2 Å². The van der Waals surface area contributed by atoms with E-state index >= 15 is 0 Å². The summed E-state index contributed by atoms with van der Waals surface area (Å²) in [7, 11) is 0. The molecule has 0 radical (unpaired) electrons. The van der Waals surface area contributed by atoms with Crippen LogP contribution in [0.5, 0.6) is 28.7 Å². The molecule has 0 atom stereocenters. The molecule has 4 N–H and O–H groups in total. The van der Waals surface area contributed by atoms with Crippen molar-refractivity contribution in [2.45, 2.75) is 13.8 Å². The van der Waals surface area contributed by atoms with E-state index in [2.05, 4.69) is 16.5 Å². The lowest BCUT2D eigenvalue weighted by Crippen LogP contribution is -2.12. The van der Waals surface area contributed by atoms with Gasteiger partial charge in [-0.2, -0.15) is 0 Å². The summed E-state index contributed by atoms with van der Waals surface area (Å²) in [5, 5.41) is 23.4. The highest BCUT2D eigenvalue weighted by Gasteiger charge is 2.16. The summed E-state index contributed by atoms with van der Waals surface area (Å²) in [5.74, 6) is 1.40. The molecule has 47 heavy (non-hydrogen) atoms. The molecule has 6 aromatic rings. The fraction of sp³-hybridized carbons (Fsp3) is 0.0526. The molecule has 2 aromatic heterocycles. The van der Waals surface area contributed by atoms with Crippen molar-refractivity contribution in [2.24, 2.45) is 0 Å². The van der Waals surface area contributed by atoms with Crippen LogP contribution in [0.25, 0.3) is 38.5 Å². The number of halogens is 1. The molecule has 0 saturated heterocycles. The van der Waals surface area contributed by atoms with Gasteiger partial charge in [-0.05, 0) is 97.3 Å². The van der Waals surface area contributed by atoms with Gasteiger partial charge >= 0.3 is 0 Å². The maximum atomic E-state index is 13.0. The predicted molar refractivity (Wildman–Crippen MR) is 187 cm³/mol.